The zero-order chi connectivity index (χ0) is 19.2. The number of likely N-dealkylation sites (tertiary alicyclic amines) is 1. The predicted molar refractivity (Wildman–Crippen MR) is 110 cm³/mol. The van der Waals surface area contributed by atoms with E-state index < -0.39 is 0 Å². The van der Waals surface area contributed by atoms with Gasteiger partial charge in [0.2, 0.25) is 11.8 Å². The minimum absolute atomic E-state index is 0.00884. The summed E-state index contributed by atoms with van der Waals surface area (Å²) in [4.78, 5) is 26.5. The molecule has 2 amide bonds. The van der Waals surface area contributed by atoms with Crippen molar-refractivity contribution >= 4 is 46.8 Å². The van der Waals surface area contributed by atoms with Gasteiger partial charge in [0.1, 0.15) is 0 Å². The topological polar surface area (TPSA) is 49.4 Å². The number of rotatable bonds is 4. The Morgan fingerprint density at radius 3 is 2.41 bits per heavy atom. The second kappa shape index (κ2) is 9.07. The molecule has 1 saturated heterocycles. The SMILES string of the molecule is O=C(Nc1ccccc1)C1CCN(C(=O)/C=C/c2cccc(Cl)c2Cl)CC1. The number of nitrogens with one attached hydrogen (secondary N) is 1. The Bertz CT molecular complexity index is 845. The van der Waals surface area contributed by atoms with E-state index in [-0.39, 0.29) is 17.7 Å². The van der Waals surface area contributed by atoms with Crippen LogP contribution in [0.4, 0.5) is 5.69 Å². The van der Waals surface area contributed by atoms with Crippen LogP contribution in [0.3, 0.4) is 0 Å². The summed E-state index contributed by atoms with van der Waals surface area (Å²) in [6.45, 7) is 1.11. The van der Waals surface area contributed by atoms with Crippen LogP contribution in [-0.2, 0) is 9.59 Å². The molecule has 27 heavy (non-hydrogen) atoms. The lowest BCUT2D eigenvalue weighted by atomic mass is 9.95. The zero-order valence-corrected chi connectivity index (χ0v) is 16.2. The molecular weight excluding hydrogens is 383 g/mol. The first-order valence-corrected chi connectivity index (χ1v) is 9.57. The van der Waals surface area contributed by atoms with Crippen LogP contribution in [0.25, 0.3) is 6.08 Å². The van der Waals surface area contributed by atoms with Crippen molar-refractivity contribution in [1.29, 1.82) is 0 Å². The van der Waals surface area contributed by atoms with Crippen molar-refractivity contribution in [2.45, 2.75) is 12.8 Å². The highest BCUT2D eigenvalue weighted by Crippen LogP contribution is 2.26. The molecule has 1 aliphatic rings. The summed E-state index contributed by atoms with van der Waals surface area (Å²) in [6, 6.07) is 14.7. The lowest BCUT2D eigenvalue weighted by molar-refractivity contribution is -0.130. The van der Waals surface area contributed by atoms with Crippen molar-refractivity contribution in [2.24, 2.45) is 5.92 Å². The molecule has 0 aliphatic carbocycles. The number of nitrogens with zero attached hydrogens (tertiary/aromatic N) is 1. The van der Waals surface area contributed by atoms with Crippen LogP contribution in [0.1, 0.15) is 18.4 Å². The smallest absolute Gasteiger partial charge is 0.246 e. The van der Waals surface area contributed by atoms with E-state index in [0.717, 1.165) is 5.69 Å². The summed E-state index contributed by atoms with van der Waals surface area (Å²) in [5.41, 5.74) is 1.50. The fourth-order valence-corrected chi connectivity index (χ4v) is 3.41. The molecule has 3 rings (SSSR count). The molecule has 140 valence electrons. The van der Waals surface area contributed by atoms with Gasteiger partial charge in [-0.2, -0.15) is 0 Å². The van der Waals surface area contributed by atoms with Gasteiger partial charge in [-0.05, 0) is 42.7 Å². The molecule has 0 aromatic heterocycles. The molecule has 2 aromatic rings. The monoisotopic (exact) mass is 402 g/mol. The zero-order valence-electron chi connectivity index (χ0n) is 14.7. The van der Waals surface area contributed by atoms with Gasteiger partial charge in [-0.3, -0.25) is 9.59 Å². The number of carbonyl (C=O) groups excluding carboxylic acids is 2. The first-order chi connectivity index (χ1) is 13.0. The molecule has 4 nitrogen and oxygen atoms in total. The fraction of sp³-hybridized carbons (Fsp3) is 0.238. The van der Waals surface area contributed by atoms with Gasteiger partial charge in [0.05, 0.1) is 10.0 Å². The number of amides is 2. The van der Waals surface area contributed by atoms with Crippen LogP contribution >= 0.6 is 23.2 Å². The van der Waals surface area contributed by atoms with Gasteiger partial charge >= 0.3 is 0 Å². The summed E-state index contributed by atoms with van der Waals surface area (Å²) in [5, 5.41) is 3.82. The van der Waals surface area contributed by atoms with E-state index in [9.17, 15) is 9.59 Å². The molecule has 1 fully saturated rings. The summed E-state index contributed by atoms with van der Waals surface area (Å²) in [7, 11) is 0. The highest BCUT2D eigenvalue weighted by Gasteiger charge is 2.26. The van der Waals surface area contributed by atoms with Crippen LogP contribution in [0, 0.1) is 5.92 Å². The van der Waals surface area contributed by atoms with Crippen LogP contribution in [0.15, 0.2) is 54.6 Å². The average Bonchev–Trinajstić information content (AvgIpc) is 2.70. The molecule has 1 N–H and O–H groups in total. The third-order valence-corrected chi connectivity index (χ3v) is 5.44. The van der Waals surface area contributed by atoms with Gasteiger partial charge in [-0.25, -0.2) is 0 Å². The fourth-order valence-electron chi connectivity index (χ4n) is 3.04. The molecule has 0 unspecified atom stereocenters. The maximum Gasteiger partial charge on any atom is 0.246 e. The van der Waals surface area contributed by atoms with Gasteiger partial charge in [0, 0.05) is 30.8 Å². The number of carbonyl (C=O) groups is 2. The van der Waals surface area contributed by atoms with Crippen molar-refractivity contribution in [3.63, 3.8) is 0 Å². The quantitative estimate of drug-likeness (QED) is 0.740. The second-order valence-electron chi connectivity index (χ2n) is 6.43. The first kappa shape index (κ1) is 19.5. The number of hydrogen-bond donors (Lipinski definition) is 1. The average molecular weight is 403 g/mol. The molecule has 0 atom stereocenters. The Morgan fingerprint density at radius 2 is 1.70 bits per heavy atom. The van der Waals surface area contributed by atoms with Gasteiger partial charge < -0.3 is 10.2 Å². The van der Waals surface area contributed by atoms with E-state index in [0.29, 0.717) is 41.5 Å². The van der Waals surface area contributed by atoms with E-state index in [1.807, 2.05) is 30.3 Å². The normalized spacial score (nSPS) is 15.1. The van der Waals surface area contributed by atoms with Crippen molar-refractivity contribution in [3.8, 4) is 0 Å². The highest BCUT2D eigenvalue weighted by atomic mass is 35.5. The van der Waals surface area contributed by atoms with Crippen LogP contribution in [-0.4, -0.2) is 29.8 Å². The van der Waals surface area contributed by atoms with Gasteiger partial charge in [0.15, 0.2) is 0 Å². The molecular formula is C21H20Cl2N2O2. The third kappa shape index (κ3) is 5.12. The number of anilines is 1. The van der Waals surface area contributed by atoms with Crippen LogP contribution in [0.2, 0.25) is 10.0 Å². The van der Waals surface area contributed by atoms with Crippen molar-refractivity contribution in [2.75, 3.05) is 18.4 Å². The van der Waals surface area contributed by atoms with Gasteiger partial charge in [-0.15, -0.1) is 0 Å². The molecule has 1 aliphatic heterocycles. The van der Waals surface area contributed by atoms with Gasteiger partial charge in [0.25, 0.3) is 0 Å². The number of hydrogen-bond acceptors (Lipinski definition) is 2. The molecule has 0 bridgehead atoms. The number of halogens is 2. The van der Waals surface area contributed by atoms with E-state index >= 15 is 0 Å². The number of para-hydroxylation sites is 1. The van der Waals surface area contributed by atoms with E-state index in [1.54, 1.807) is 29.2 Å². The minimum Gasteiger partial charge on any atom is -0.339 e. The van der Waals surface area contributed by atoms with Gasteiger partial charge in [-0.1, -0.05) is 53.5 Å². The van der Waals surface area contributed by atoms with Crippen LogP contribution < -0.4 is 5.32 Å². The van der Waals surface area contributed by atoms with E-state index in [4.69, 9.17) is 23.2 Å². The Labute approximate surface area is 168 Å². The molecule has 2 aromatic carbocycles. The standard InChI is InChI=1S/C21H20Cl2N2O2/c22-18-8-4-5-15(20(18)23)9-10-19(26)25-13-11-16(12-14-25)21(27)24-17-6-2-1-3-7-17/h1-10,16H,11-14H2,(H,24,27)/b10-9+. The van der Waals surface area contributed by atoms with Crippen molar-refractivity contribution in [1.82, 2.24) is 4.90 Å². The Hall–Kier alpha value is -2.30. The largest absolute Gasteiger partial charge is 0.339 e. The summed E-state index contributed by atoms with van der Waals surface area (Å²) in [6.07, 6.45) is 4.47. The summed E-state index contributed by atoms with van der Waals surface area (Å²) >= 11 is 12.1. The van der Waals surface area contributed by atoms with E-state index in [1.165, 1.54) is 6.08 Å². The minimum atomic E-state index is -0.0899. The third-order valence-electron chi connectivity index (χ3n) is 4.61. The Balaban J connectivity index is 1.52. The van der Waals surface area contributed by atoms with E-state index in [2.05, 4.69) is 5.32 Å². The molecule has 6 heteroatoms. The lowest BCUT2D eigenvalue weighted by Gasteiger charge is -2.30. The maximum absolute atomic E-state index is 12.4. The first-order valence-electron chi connectivity index (χ1n) is 8.81. The predicted octanol–water partition coefficient (Wildman–Crippen LogP) is 4.88. The maximum atomic E-state index is 12.4. The van der Waals surface area contributed by atoms with Crippen molar-refractivity contribution in [3.05, 3.63) is 70.2 Å². The molecule has 0 radical (unpaired) electrons. The molecule has 0 saturated carbocycles. The number of piperidine rings is 1. The molecule has 1 heterocycles. The van der Waals surface area contributed by atoms with Crippen LogP contribution in [0.5, 0.6) is 0 Å². The lowest BCUT2D eigenvalue weighted by Crippen LogP contribution is -2.40. The summed E-state index contributed by atoms with van der Waals surface area (Å²) < 4.78 is 0. The summed E-state index contributed by atoms with van der Waals surface area (Å²) in [5.74, 6) is -0.164. The Kier molecular flexibility index (Phi) is 6.54. The van der Waals surface area contributed by atoms with Crippen molar-refractivity contribution < 1.29 is 9.59 Å². The molecule has 0 spiro atoms. The number of benzene rings is 2. The second-order valence-corrected chi connectivity index (χ2v) is 7.22. The highest BCUT2D eigenvalue weighted by molar-refractivity contribution is 6.42. The Morgan fingerprint density at radius 1 is 1.00 bits per heavy atom.